The molecule has 1 fully saturated rings. The van der Waals surface area contributed by atoms with Crippen molar-refractivity contribution in [1.82, 2.24) is 9.55 Å². The van der Waals surface area contributed by atoms with Crippen molar-refractivity contribution in [3.05, 3.63) is 69.2 Å². The minimum absolute atomic E-state index is 0.127. The van der Waals surface area contributed by atoms with E-state index in [1.807, 2.05) is 13.1 Å². The van der Waals surface area contributed by atoms with Gasteiger partial charge in [0.25, 0.3) is 0 Å². The minimum atomic E-state index is -0.725. The first-order chi connectivity index (χ1) is 15.2. The highest BCUT2D eigenvalue weighted by Crippen LogP contribution is 2.51. The molecule has 1 aliphatic heterocycles. The van der Waals surface area contributed by atoms with Crippen LogP contribution in [0.5, 0.6) is 0 Å². The van der Waals surface area contributed by atoms with Crippen LogP contribution in [0.25, 0.3) is 10.9 Å². The Labute approximate surface area is 195 Å². The van der Waals surface area contributed by atoms with E-state index < -0.39 is 16.2 Å². The van der Waals surface area contributed by atoms with Crippen molar-refractivity contribution in [3.8, 4) is 0 Å². The summed E-state index contributed by atoms with van der Waals surface area (Å²) in [6.45, 7) is 0.537. The number of methoxy groups -OCH3 is 1. The van der Waals surface area contributed by atoms with Gasteiger partial charge in [-0.15, -0.1) is 0 Å². The third-order valence-electron chi connectivity index (χ3n) is 7.13. The molecule has 5 rings (SSSR count). The van der Waals surface area contributed by atoms with Gasteiger partial charge in [-0.1, -0.05) is 12.1 Å². The molecule has 0 radical (unpaired) electrons. The Kier molecular flexibility index (Phi) is 5.16. The Morgan fingerprint density at radius 3 is 2.97 bits per heavy atom. The van der Waals surface area contributed by atoms with E-state index in [9.17, 15) is 10.0 Å². The molecule has 0 saturated carbocycles. The van der Waals surface area contributed by atoms with Crippen molar-refractivity contribution in [2.45, 2.75) is 24.5 Å². The molecule has 2 aromatic heterocycles. The number of fused-ring (bicyclic) bond motifs is 2. The maximum atomic E-state index is 13.9. The minimum Gasteiger partial charge on any atom is -0.633 e. The van der Waals surface area contributed by atoms with Gasteiger partial charge in [0.05, 0.1) is 25.8 Å². The number of carbonyl (C=O) groups excluding carboxylic acids is 1. The predicted octanol–water partition coefficient (Wildman–Crippen LogP) is 3.92. The summed E-state index contributed by atoms with van der Waals surface area (Å²) in [5.74, 6) is -0.568. The molecule has 4 atom stereocenters. The molecule has 32 heavy (non-hydrogen) atoms. The highest BCUT2D eigenvalue weighted by molar-refractivity contribution is 9.10. The van der Waals surface area contributed by atoms with E-state index >= 15 is 0 Å². The van der Waals surface area contributed by atoms with Crippen LogP contribution in [0.2, 0.25) is 0 Å². The number of hydroxylamine groups is 3. The fourth-order valence-corrected chi connectivity index (χ4v) is 6.22. The van der Waals surface area contributed by atoms with Gasteiger partial charge in [-0.05, 0) is 45.6 Å². The normalized spacial score (nSPS) is 29.0. The summed E-state index contributed by atoms with van der Waals surface area (Å²) in [6, 6.07) is 7.64. The van der Waals surface area contributed by atoms with E-state index in [0.717, 1.165) is 11.1 Å². The number of likely N-dealkylation sites (N-methyl/N-ethyl adjacent to an activating group) is 1. The zero-order chi connectivity index (χ0) is 22.7. The van der Waals surface area contributed by atoms with Crippen molar-refractivity contribution in [2.24, 2.45) is 13.0 Å². The molecule has 0 spiro atoms. The van der Waals surface area contributed by atoms with E-state index in [1.165, 1.54) is 17.1 Å². The van der Waals surface area contributed by atoms with Gasteiger partial charge in [-0.2, -0.15) is 0 Å². The summed E-state index contributed by atoms with van der Waals surface area (Å²) >= 11 is 3.32. The molecule has 1 aliphatic carbocycles. The largest absolute Gasteiger partial charge is 0.633 e. The number of esters is 1. The number of likely N-dealkylation sites (tertiary alicyclic amines) is 1. The third-order valence-corrected chi connectivity index (χ3v) is 7.56. The molecular formula is C24H26BrN3O4. The fourth-order valence-electron chi connectivity index (χ4n) is 5.85. The van der Waals surface area contributed by atoms with E-state index in [-0.39, 0.29) is 18.6 Å². The average Bonchev–Trinajstić information content (AvgIpc) is 3.09. The Morgan fingerprint density at radius 2 is 2.22 bits per heavy atom. The number of ether oxygens (including phenoxy) is 2. The van der Waals surface area contributed by atoms with Gasteiger partial charge < -0.3 is 23.9 Å². The molecule has 0 amide bonds. The van der Waals surface area contributed by atoms with Crippen LogP contribution in [0.1, 0.15) is 27.9 Å². The van der Waals surface area contributed by atoms with Gasteiger partial charge in [0.15, 0.2) is 0 Å². The summed E-state index contributed by atoms with van der Waals surface area (Å²) < 4.78 is 14.3. The number of aromatic nitrogens is 2. The first kappa shape index (κ1) is 21.6. The molecule has 2 aliphatic rings. The van der Waals surface area contributed by atoms with Crippen LogP contribution in [0.4, 0.5) is 0 Å². The smallest absolute Gasteiger partial charge is 0.339 e. The number of rotatable bonds is 4. The van der Waals surface area contributed by atoms with Crippen LogP contribution in [0.15, 0.2) is 47.3 Å². The van der Waals surface area contributed by atoms with Crippen LogP contribution >= 0.6 is 15.9 Å². The topological polar surface area (TPSA) is 76.4 Å². The van der Waals surface area contributed by atoms with Crippen molar-refractivity contribution in [2.75, 3.05) is 27.3 Å². The quantitative estimate of drug-likeness (QED) is 0.308. The number of quaternary nitrogens is 1. The first-order valence-electron chi connectivity index (χ1n) is 10.7. The highest BCUT2D eigenvalue weighted by Gasteiger charge is 2.57. The lowest BCUT2D eigenvalue weighted by Gasteiger charge is -2.59. The molecule has 0 bridgehead atoms. The molecular weight excluding hydrogens is 474 g/mol. The summed E-state index contributed by atoms with van der Waals surface area (Å²) in [5, 5.41) is 15.0. The predicted molar refractivity (Wildman–Crippen MR) is 124 cm³/mol. The zero-order valence-corrected chi connectivity index (χ0v) is 20.0. The number of aryl methyl sites for hydroxylation is 1. The molecule has 3 heterocycles. The standard InChI is InChI=1S/C24H26BrN3O4/c1-27-12-17-8-21-24(31-3,19-5-4-6-20(27)22(17)19)9-15(13-28(21,2)30)14-32-23(29)16-7-18(25)11-26-10-16/h4-7,10-12,15,21H,8-9,13-14H2,1-3H3/t15-,21-,24+,28?/m1/s1. The monoisotopic (exact) mass is 499 g/mol. The van der Waals surface area contributed by atoms with Crippen molar-refractivity contribution in [1.29, 1.82) is 0 Å². The maximum absolute atomic E-state index is 13.9. The number of hydrogen-bond donors (Lipinski definition) is 0. The number of nitrogens with zero attached hydrogens (tertiary/aromatic N) is 3. The second-order valence-electron chi connectivity index (χ2n) is 9.20. The van der Waals surface area contributed by atoms with Gasteiger partial charge in [0, 0.05) is 60.5 Å². The molecule has 1 unspecified atom stereocenters. The average molecular weight is 500 g/mol. The van der Waals surface area contributed by atoms with Gasteiger partial charge >= 0.3 is 5.97 Å². The van der Waals surface area contributed by atoms with Gasteiger partial charge in [0.1, 0.15) is 11.6 Å². The van der Waals surface area contributed by atoms with Gasteiger partial charge in [-0.3, -0.25) is 4.98 Å². The van der Waals surface area contributed by atoms with E-state index in [0.29, 0.717) is 29.4 Å². The molecule has 8 heteroatoms. The summed E-state index contributed by atoms with van der Waals surface area (Å²) in [5.41, 5.74) is 3.06. The van der Waals surface area contributed by atoms with Crippen LogP contribution in [0, 0.1) is 11.1 Å². The van der Waals surface area contributed by atoms with Crippen LogP contribution < -0.4 is 0 Å². The number of carbonyl (C=O) groups is 1. The molecule has 3 aromatic rings. The number of hydrogen-bond acceptors (Lipinski definition) is 5. The molecule has 0 N–H and O–H groups in total. The molecule has 7 nitrogen and oxygen atoms in total. The fraction of sp³-hybridized carbons (Fsp3) is 0.417. The maximum Gasteiger partial charge on any atom is 0.339 e. The lowest BCUT2D eigenvalue weighted by molar-refractivity contribution is -0.906. The van der Waals surface area contributed by atoms with Crippen LogP contribution in [0.3, 0.4) is 0 Å². The first-order valence-corrected chi connectivity index (χ1v) is 11.5. The Bertz CT molecular complexity index is 1210. The molecule has 1 saturated heterocycles. The number of benzene rings is 1. The zero-order valence-electron chi connectivity index (χ0n) is 18.4. The lowest BCUT2D eigenvalue weighted by atomic mass is 9.68. The molecule has 1 aromatic carbocycles. The highest BCUT2D eigenvalue weighted by atomic mass is 79.9. The number of piperidine rings is 1. The summed E-state index contributed by atoms with van der Waals surface area (Å²) in [4.78, 5) is 16.6. The van der Waals surface area contributed by atoms with E-state index in [4.69, 9.17) is 9.47 Å². The van der Waals surface area contributed by atoms with Gasteiger partial charge in [-0.25, -0.2) is 4.79 Å². The SMILES string of the molecule is CO[C@]12C[C@@H](COC(=O)c3cncc(Br)c3)C[N+](C)([O-])[C@@H]1Cc1cn(C)c3cccc2c13. The van der Waals surface area contributed by atoms with Crippen molar-refractivity contribution in [3.63, 3.8) is 0 Å². The van der Waals surface area contributed by atoms with E-state index in [2.05, 4.69) is 43.8 Å². The van der Waals surface area contributed by atoms with Crippen LogP contribution in [-0.4, -0.2) is 53.5 Å². The Balaban J connectivity index is 1.47. The van der Waals surface area contributed by atoms with Gasteiger partial charge in [0.2, 0.25) is 0 Å². The summed E-state index contributed by atoms with van der Waals surface area (Å²) in [7, 11) is 5.45. The van der Waals surface area contributed by atoms with Crippen molar-refractivity contribution >= 4 is 32.8 Å². The number of halogens is 1. The molecule has 168 valence electrons. The third kappa shape index (κ3) is 3.28. The second-order valence-corrected chi connectivity index (χ2v) is 10.1. The Morgan fingerprint density at radius 1 is 1.41 bits per heavy atom. The Hall–Kier alpha value is -2.26. The van der Waals surface area contributed by atoms with Crippen LogP contribution in [-0.2, 0) is 28.5 Å². The second kappa shape index (κ2) is 7.66. The van der Waals surface area contributed by atoms with E-state index in [1.54, 1.807) is 26.4 Å². The lowest BCUT2D eigenvalue weighted by Crippen LogP contribution is -2.67. The van der Waals surface area contributed by atoms with Crippen molar-refractivity contribution < 1.29 is 18.9 Å². The summed E-state index contributed by atoms with van der Waals surface area (Å²) in [6.07, 6.45) is 6.52. The number of pyridine rings is 1.